The SMILES string of the molecule is Cc1ccc(CCC(=O)NC2CS(=O)(=O)CC2N2CCCC2)c(C)c1. The Morgan fingerprint density at radius 1 is 1.20 bits per heavy atom. The molecule has 2 aliphatic heterocycles. The number of nitrogens with one attached hydrogen (secondary N) is 1. The summed E-state index contributed by atoms with van der Waals surface area (Å²) >= 11 is 0. The van der Waals surface area contributed by atoms with Gasteiger partial charge in [-0.15, -0.1) is 0 Å². The molecule has 3 rings (SSSR count). The second-order valence-electron chi connectivity index (χ2n) is 7.49. The molecule has 0 spiro atoms. The highest BCUT2D eigenvalue weighted by atomic mass is 32.2. The number of hydrogen-bond donors (Lipinski definition) is 1. The standard InChI is InChI=1S/C19H28N2O3S/c1-14-5-6-16(15(2)11-14)7-8-19(22)20-17-12-25(23,24)13-18(17)21-9-3-4-10-21/h5-6,11,17-18H,3-4,7-10,12-13H2,1-2H3,(H,20,22). The normalized spacial score (nSPS) is 26.0. The lowest BCUT2D eigenvalue weighted by molar-refractivity contribution is -0.121. The van der Waals surface area contributed by atoms with Crippen LogP contribution in [0, 0.1) is 13.8 Å². The average Bonchev–Trinajstić information content (AvgIpc) is 3.14. The van der Waals surface area contributed by atoms with Gasteiger partial charge >= 0.3 is 0 Å². The highest BCUT2D eigenvalue weighted by Gasteiger charge is 2.42. The quantitative estimate of drug-likeness (QED) is 0.862. The highest BCUT2D eigenvalue weighted by Crippen LogP contribution is 2.23. The van der Waals surface area contributed by atoms with Crippen LogP contribution in [-0.2, 0) is 21.1 Å². The Hall–Kier alpha value is -1.40. The van der Waals surface area contributed by atoms with E-state index in [2.05, 4.69) is 42.3 Å². The van der Waals surface area contributed by atoms with E-state index < -0.39 is 9.84 Å². The van der Waals surface area contributed by atoms with Crippen molar-refractivity contribution >= 4 is 15.7 Å². The summed E-state index contributed by atoms with van der Waals surface area (Å²) in [4.78, 5) is 14.6. The Labute approximate surface area is 150 Å². The lowest BCUT2D eigenvalue weighted by Gasteiger charge is -2.28. The van der Waals surface area contributed by atoms with Gasteiger partial charge in [0.2, 0.25) is 5.91 Å². The van der Waals surface area contributed by atoms with Crippen molar-refractivity contribution in [2.75, 3.05) is 24.6 Å². The maximum absolute atomic E-state index is 12.4. The molecule has 25 heavy (non-hydrogen) atoms. The first-order chi connectivity index (χ1) is 11.8. The lowest BCUT2D eigenvalue weighted by atomic mass is 10.0. The maximum atomic E-state index is 12.4. The maximum Gasteiger partial charge on any atom is 0.220 e. The topological polar surface area (TPSA) is 66.5 Å². The predicted molar refractivity (Wildman–Crippen MR) is 99.4 cm³/mol. The summed E-state index contributed by atoms with van der Waals surface area (Å²) in [6, 6.07) is 5.94. The van der Waals surface area contributed by atoms with Crippen molar-refractivity contribution in [1.82, 2.24) is 10.2 Å². The molecule has 2 saturated heterocycles. The molecule has 2 unspecified atom stereocenters. The van der Waals surface area contributed by atoms with Gasteiger partial charge in [0.05, 0.1) is 17.5 Å². The molecule has 138 valence electrons. The van der Waals surface area contributed by atoms with Gasteiger partial charge in [-0.05, 0) is 57.3 Å². The molecule has 6 heteroatoms. The third-order valence-corrected chi connectivity index (χ3v) is 7.11. The van der Waals surface area contributed by atoms with Crippen LogP contribution in [-0.4, -0.2) is 55.9 Å². The summed E-state index contributed by atoms with van der Waals surface area (Å²) in [7, 11) is -3.06. The Bertz CT molecular complexity index is 739. The molecule has 0 bridgehead atoms. The Balaban J connectivity index is 1.59. The first kappa shape index (κ1) is 18.4. The van der Waals surface area contributed by atoms with Gasteiger partial charge in [-0.1, -0.05) is 23.8 Å². The van der Waals surface area contributed by atoms with Crippen LogP contribution < -0.4 is 5.32 Å². The average molecular weight is 365 g/mol. The number of benzene rings is 1. The predicted octanol–water partition coefficient (Wildman–Crippen LogP) is 1.61. The van der Waals surface area contributed by atoms with E-state index in [0.717, 1.165) is 25.9 Å². The van der Waals surface area contributed by atoms with Crippen LogP contribution in [0.5, 0.6) is 0 Å². The van der Waals surface area contributed by atoms with Crippen LogP contribution in [0.4, 0.5) is 0 Å². The van der Waals surface area contributed by atoms with Crippen LogP contribution >= 0.6 is 0 Å². The molecule has 0 aliphatic carbocycles. The van der Waals surface area contributed by atoms with Crippen LogP contribution in [0.25, 0.3) is 0 Å². The molecule has 2 aliphatic rings. The monoisotopic (exact) mass is 364 g/mol. The van der Waals surface area contributed by atoms with Gasteiger partial charge in [0, 0.05) is 12.5 Å². The summed E-state index contributed by atoms with van der Waals surface area (Å²) in [6.45, 7) is 6.00. The molecule has 2 atom stereocenters. The number of rotatable bonds is 5. The number of likely N-dealkylation sites (tertiary alicyclic amines) is 1. The molecule has 1 amide bonds. The third kappa shape index (κ3) is 4.61. The number of carbonyl (C=O) groups is 1. The van der Waals surface area contributed by atoms with E-state index in [0.29, 0.717) is 12.8 Å². The number of sulfone groups is 1. The van der Waals surface area contributed by atoms with Crippen LogP contribution in [0.15, 0.2) is 18.2 Å². The summed E-state index contributed by atoms with van der Waals surface area (Å²) in [5.41, 5.74) is 3.59. The molecule has 2 heterocycles. The number of aryl methyl sites for hydroxylation is 3. The van der Waals surface area contributed by atoms with Crippen molar-refractivity contribution in [1.29, 1.82) is 0 Å². The van der Waals surface area contributed by atoms with Crippen LogP contribution in [0.3, 0.4) is 0 Å². The van der Waals surface area contributed by atoms with Crippen molar-refractivity contribution in [3.05, 3.63) is 34.9 Å². The number of hydrogen-bond acceptors (Lipinski definition) is 4. The fourth-order valence-corrected chi connectivity index (χ4v) is 6.01. The molecular weight excluding hydrogens is 336 g/mol. The minimum Gasteiger partial charge on any atom is -0.351 e. The summed E-state index contributed by atoms with van der Waals surface area (Å²) in [6.07, 6.45) is 3.31. The van der Waals surface area contributed by atoms with E-state index in [4.69, 9.17) is 0 Å². The second-order valence-corrected chi connectivity index (χ2v) is 9.65. The van der Waals surface area contributed by atoms with Gasteiger partial charge in [0.25, 0.3) is 0 Å². The van der Waals surface area contributed by atoms with E-state index in [1.54, 1.807) is 0 Å². The fourth-order valence-electron chi connectivity index (χ4n) is 4.05. The van der Waals surface area contributed by atoms with Crippen LogP contribution in [0.1, 0.15) is 36.0 Å². The molecule has 0 saturated carbocycles. The zero-order chi connectivity index (χ0) is 18.0. The van der Waals surface area contributed by atoms with Crippen molar-refractivity contribution in [3.8, 4) is 0 Å². The van der Waals surface area contributed by atoms with Gasteiger partial charge in [-0.2, -0.15) is 0 Å². The second kappa shape index (κ2) is 7.46. The van der Waals surface area contributed by atoms with Gasteiger partial charge in [0.15, 0.2) is 9.84 Å². The fraction of sp³-hybridized carbons (Fsp3) is 0.632. The van der Waals surface area contributed by atoms with Gasteiger partial charge < -0.3 is 5.32 Å². The molecule has 0 aromatic heterocycles. The molecular formula is C19H28N2O3S. The Kier molecular flexibility index (Phi) is 5.49. The smallest absolute Gasteiger partial charge is 0.220 e. The Morgan fingerprint density at radius 3 is 2.60 bits per heavy atom. The minimum absolute atomic E-state index is 0.0497. The van der Waals surface area contributed by atoms with Crippen molar-refractivity contribution < 1.29 is 13.2 Å². The molecule has 2 fully saturated rings. The van der Waals surface area contributed by atoms with Gasteiger partial charge in [0.1, 0.15) is 0 Å². The summed E-state index contributed by atoms with van der Waals surface area (Å²) in [5.74, 6) is 0.199. The molecule has 1 aromatic carbocycles. The number of amides is 1. The Morgan fingerprint density at radius 2 is 1.92 bits per heavy atom. The molecule has 1 N–H and O–H groups in total. The van der Waals surface area contributed by atoms with E-state index >= 15 is 0 Å². The lowest BCUT2D eigenvalue weighted by Crippen LogP contribution is -2.50. The zero-order valence-corrected chi connectivity index (χ0v) is 15.9. The largest absolute Gasteiger partial charge is 0.351 e. The first-order valence-corrected chi connectivity index (χ1v) is 11.0. The van der Waals surface area contributed by atoms with Crippen molar-refractivity contribution in [3.63, 3.8) is 0 Å². The molecule has 1 aromatic rings. The molecule has 0 radical (unpaired) electrons. The highest BCUT2D eigenvalue weighted by molar-refractivity contribution is 7.91. The van der Waals surface area contributed by atoms with E-state index in [-0.39, 0.29) is 29.5 Å². The minimum atomic E-state index is -3.06. The zero-order valence-electron chi connectivity index (χ0n) is 15.1. The summed E-state index contributed by atoms with van der Waals surface area (Å²) < 4.78 is 24.1. The van der Waals surface area contributed by atoms with Crippen molar-refractivity contribution in [2.45, 2.75) is 51.6 Å². The van der Waals surface area contributed by atoms with E-state index in [9.17, 15) is 13.2 Å². The van der Waals surface area contributed by atoms with Gasteiger partial charge in [-0.3, -0.25) is 9.69 Å². The molecule has 5 nitrogen and oxygen atoms in total. The number of nitrogens with zero attached hydrogens (tertiary/aromatic N) is 1. The number of carbonyl (C=O) groups excluding carboxylic acids is 1. The van der Waals surface area contributed by atoms with Crippen molar-refractivity contribution in [2.24, 2.45) is 0 Å². The van der Waals surface area contributed by atoms with E-state index in [1.165, 1.54) is 16.7 Å². The summed E-state index contributed by atoms with van der Waals surface area (Å²) in [5, 5.41) is 3.00. The van der Waals surface area contributed by atoms with Crippen LogP contribution in [0.2, 0.25) is 0 Å². The van der Waals surface area contributed by atoms with E-state index in [1.807, 2.05) is 0 Å². The first-order valence-electron chi connectivity index (χ1n) is 9.14. The third-order valence-electron chi connectivity index (χ3n) is 5.40. The van der Waals surface area contributed by atoms with Gasteiger partial charge in [-0.25, -0.2) is 8.42 Å².